The van der Waals surface area contributed by atoms with Gasteiger partial charge in [-0.15, -0.1) is 0 Å². The Morgan fingerprint density at radius 1 is 0.944 bits per heavy atom. The molecule has 0 bridgehead atoms. The maximum Gasteiger partial charge on any atom is 0.338 e. The number of carbonyl (C=O) groups is 2. The third kappa shape index (κ3) is 5.18. The number of carbonyl (C=O) groups excluding carboxylic acids is 2. The molecule has 1 fully saturated rings. The minimum absolute atomic E-state index is 0.205. The smallest absolute Gasteiger partial charge is 0.338 e. The van der Waals surface area contributed by atoms with Crippen molar-refractivity contribution in [2.24, 2.45) is 0 Å². The Morgan fingerprint density at radius 3 is 2.47 bits per heavy atom. The lowest BCUT2D eigenvalue weighted by Gasteiger charge is -2.35. The summed E-state index contributed by atoms with van der Waals surface area (Å²) in [5.74, 6) is 1.10. The number of fused-ring (bicyclic) bond motifs is 1. The summed E-state index contributed by atoms with van der Waals surface area (Å²) in [5, 5.41) is 0. The fraction of sp³-hybridized carbons (Fsp3) is 0.321. The SMILES string of the molecule is COC(=O)c1ccccc1C(=O)N1CCOc2ccc(CN3CCN(c4ccccn4)CC3)cc2C1. The number of anilines is 1. The molecule has 1 saturated heterocycles. The largest absolute Gasteiger partial charge is 0.491 e. The molecule has 8 nitrogen and oxygen atoms in total. The molecule has 0 aliphatic carbocycles. The molecule has 1 aromatic heterocycles. The monoisotopic (exact) mass is 486 g/mol. The fourth-order valence-corrected chi connectivity index (χ4v) is 4.78. The van der Waals surface area contributed by atoms with Gasteiger partial charge >= 0.3 is 5.97 Å². The molecule has 0 saturated carbocycles. The zero-order valence-corrected chi connectivity index (χ0v) is 20.4. The van der Waals surface area contributed by atoms with Crippen molar-refractivity contribution in [3.63, 3.8) is 0 Å². The summed E-state index contributed by atoms with van der Waals surface area (Å²) in [6.45, 7) is 5.88. The molecule has 3 aromatic rings. The van der Waals surface area contributed by atoms with E-state index in [0.29, 0.717) is 25.3 Å². The van der Waals surface area contributed by atoms with Crippen LogP contribution in [0.5, 0.6) is 5.75 Å². The van der Waals surface area contributed by atoms with E-state index in [0.717, 1.165) is 49.9 Å². The first kappa shape index (κ1) is 23.8. The number of pyridine rings is 1. The summed E-state index contributed by atoms with van der Waals surface area (Å²) < 4.78 is 10.8. The van der Waals surface area contributed by atoms with Crippen LogP contribution in [0, 0.1) is 0 Å². The molecule has 0 N–H and O–H groups in total. The van der Waals surface area contributed by atoms with Crippen molar-refractivity contribution in [3.8, 4) is 5.75 Å². The van der Waals surface area contributed by atoms with Gasteiger partial charge < -0.3 is 19.3 Å². The van der Waals surface area contributed by atoms with E-state index in [1.807, 2.05) is 24.4 Å². The maximum absolute atomic E-state index is 13.4. The second-order valence-electron chi connectivity index (χ2n) is 9.01. The summed E-state index contributed by atoms with van der Waals surface area (Å²) in [6, 6.07) is 19.0. The summed E-state index contributed by atoms with van der Waals surface area (Å²) in [4.78, 5) is 36.6. The van der Waals surface area contributed by atoms with E-state index < -0.39 is 5.97 Å². The number of rotatable bonds is 5. The lowest BCUT2D eigenvalue weighted by atomic mass is 10.0. The normalized spacial score (nSPS) is 16.0. The van der Waals surface area contributed by atoms with Gasteiger partial charge in [0, 0.05) is 51.0 Å². The van der Waals surface area contributed by atoms with E-state index in [2.05, 4.69) is 33.0 Å². The topological polar surface area (TPSA) is 75.2 Å². The lowest BCUT2D eigenvalue weighted by molar-refractivity contribution is 0.0588. The second kappa shape index (κ2) is 10.8. The van der Waals surface area contributed by atoms with Crippen molar-refractivity contribution < 1.29 is 19.1 Å². The Kier molecular flexibility index (Phi) is 7.13. The molecule has 0 unspecified atom stereocenters. The van der Waals surface area contributed by atoms with Crippen molar-refractivity contribution in [2.75, 3.05) is 51.3 Å². The molecule has 186 valence electrons. The number of hydrogen-bond acceptors (Lipinski definition) is 7. The van der Waals surface area contributed by atoms with Crippen molar-refractivity contribution in [1.29, 1.82) is 0 Å². The average molecular weight is 487 g/mol. The highest BCUT2D eigenvalue weighted by atomic mass is 16.5. The van der Waals surface area contributed by atoms with Crippen LogP contribution >= 0.6 is 0 Å². The molecular formula is C28H30N4O4. The van der Waals surface area contributed by atoms with Gasteiger partial charge in [-0.3, -0.25) is 9.69 Å². The highest BCUT2D eigenvalue weighted by molar-refractivity contribution is 6.05. The lowest BCUT2D eigenvalue weighted by Crippen LogP contribution is -2.46. The number of amides is 1. The zero-order valence-electron chi connectivity index (χ0n) is 20.4. The third-order valence-corrected chi connectivity index (χ3v) is 6.71. The number of benzene rings is 2. The first-order chi connectivity index (χ1) is 17.6. The highest BCUT2D eigenvalue weighted by Crippen LogP contribution is 2.27. The molecule has 5 rings (SSSR count). The first-order valence-electron chi connectivity index (χ1n) is 12.2. The quantitative estimate of drug-likeness (QED) is 0.513. The van der Waals surface area contributed by atoms with E-state index in [9.17, 15) is 9.59 Å². The van der Waals surface area contributed by atoms with Crippen LogP contribution in [-0.4, -0.2) is 73.1 Å². The van der Waals surface area contributed by atoms with Crippen LogP contribution in [0.3, 0.4) is 0 Å². The maximum atomic E-state index is 13.4. The fourth-order valence-electron chi connectivity index (χ4n) is 4.78. The van der Waals surface area contributed by atoms with Crippen molar-refractivity contribution in [1.82, 2.24) is 14.8 Å². The van der Waals surface area contributed by atoms with Gasteiger partial charge in [-0.2, -0.15) is 0 Å². The summed E-state index contributed by atoms with van der Waals surface area (Å²) in [6.07, 6.45) is 1.83. The van der Waals surface area contributed by atoms with Gasteiger partial charge in [-0.05, 0) is 42.0 Å². The Bertz CT molecular complexity index is 1230. The van der Waals surface area contributed by atoms with Gasteiger partial charge in [0.05, 0.1) is 24.8 Å². The Balaban J connectivity index is 1.27. The van der Waals surface area contributed by atoms with Gasteiger partial charge in [-0.1, -0.05) is 24.3 Å². The van der Waals surface area contributed by atoms with Gasteiger partial charge in [0.2, 0.25) is 0 Å². The molecule has 1 amide bonds. The zero-order chi connectivity index (χ0) is 24.9. The highest BCUT2D eigenvalue weighted by Gasteiger charge is 2.25. The number of nitrogens with zero attached hydrogens (tertiary/aromatic N) is 4. The van der Waals surface area contributed by atoms with E-state index in [1.165, 1.54) is 12.7 Å². The predicted molar refractivity (Wildman–Crippen MR) is 136 cm³/mol. The number of hydrogen-bond donors (Lipinski definition) is 0. The van der Waals surface area contributed by atoms with Crippen LogP contribution < -0.4 is 9.64 Å². The molecule has 0 spiro atoms. The molecule has 2 aromatic carbocycles. The molecular weight excluding hydrogens is 456 g/mol. The average Bonchev–Trinajstić information content (AvgIpc) is 3.15. The Labute approximate surface area is 211 Å². The Hall–Kier alpha value is -3.91. The van der Waals surface area contributed by atoms with Gasteiger partial charge in [-0.25, -0.2) is 9.78 Å². The van der Waals surface area contributed by atoms with Crippen LogP contribution in [0.2, 0.25) is 0 Å². The third-order valence-electron chi connectivity index (χ3n) is 6.71. The van der Waals surface area contributed by atoms with Crippen LogP contribution in [-0.2, 0) is 17.8 Å². The number of methoxy groups -OCH3 is 1. The second-order valence-corrected chi connectivity index (χ2v) is 9.01. The van der Waals surface area contributed by atoms with Crippen LogP contribution in [0.15, 0.2) is 66.9 Å². The number of ether oxygens (including phenoxy) is 2. The molecule has 2 aliphatic rings. The Morgan fingerprint density at radius 2 is 1.72 bits per heavy atom. The van der Waals surface area contributed by atoms with E-state index in [-0.39, 0.29) is 11.5 Å². The van der Waals surface area contributed by atoms with Crippen molar-refractivity contribution in [3.05, 3.63) is 89.1 Å². The van der Waals surface area contributed by atoms with Crippen molar-refractivity contribution in [2.45, 2.75) is 13.1 Å². The van der Waals surface area contributed by atoms with Crippen LogP contribution in [0.25, 0.3) is 0 Å². The summed E-state index contributed by atoms with van der Waals surface area (Å²) in [5.41, 5.74) is 2.78. The standard InChI is InChI=1S/C28H30N4O4/c1-35-28(34)24-7-3-2-6-23(24)27(33)32-16-17-36-25-10-9-21(18-22(25)20-32)19-30-12-14-31(15-13-30)26-8-4-5-11-29-26/h2-11,18H,12-17,19-20H2,1H3. The minimum atomic E-state index is -0.518. The van der Waals surface area contributed by atoms with Gasteiger partial charge in [0.25, 0.3) is 5.91 Å². The van der Waals surface area contributed by atoms with Crippen molar-refractivity contribution >= 4 is 17.7 Å². The molecule has 2 aliphatic heterocycles. The number of esters is 1. The molecule has 0 atom stereocenters. The predicted octanol–water partition coefficient (Wildman–Crippen LogP) is 3.23. The minimum Gasteiger partial charge on any atom is -0.491 e. The number of piperazine rings is 1. The van der Waals surface area contributed by atoms with E-state index >= 15 is 0 Å². The molecule has 0 radical (unpaired) electrons. The van der Waals surface area contributed by atoms with E-state index in [4.69, 9.17) is 9.47 Å². The summed E-state index contributed by atoms with van der Waals surface area (Å²) in [7, 11) is 1.32. The molecule has 36 heavy (non-hydrogen) atoms. The van der Waals surface area contributed by atoms with Gasteiger partial charge in [0.15, 0.2) is 0 Å². The van der Waals surface area contributed by atoms with E-state index in [1.54, 1.807) is 29.2 Å². The van der Waals surface area contributed by atoms with Crippen LogP contribution in [0.4, 0.5) is 5.82 Å². The number of aromatic nitrogens is 1. The summed E-state index contributed by atoms with van der Waals surface area (Å²) >= 11 is 0. The molecule has 3 heterocycles. The first-order valence-corrected chi connectivity index (χ1v) is 12.2. The molecule has 8 heteroatoms. The van der Waals surface area contributed by atoms with Crippen LogP contribution in [0.1, 0.15) is 31.8 Å². The van der Waals surface area contributed by atoms with Gasteiger partial charge in [0.1, 0.15) is 18.2 Å².